The smallest absolute Gasteiger partial charge is 0.243 e. The SMILES string of the molecule is CCCN(CC)S(=O)(=O)c1cccc(C(N)=S)c1. The molecule has 1 rings (SSSR count). The molecule has 0 aliphatic carbocycles. The van der Waals surface area contributed by atoms with E-state index in [2.05, 4.69) is 0 Å². The van der Waals surface area contributed by atoms with Gasteiger partial charge in [0.15, 0.2) is 0 Å². The van der Waals surface area contributed by atoms with Crippen molar-refractivity contribution in [1.82, 2.24) is 4.31 Å². The molecule has 100 valence electrons. The van der Waals surface area contributed by atoms with Crippen LogP contribution in [0.25, 0.3) is 0 Å². The molecule has 0 aliphatic heterocycles. The van der Waals surface area contributed by atoms with E-state index in [1.165, 1.54) is 10.4 Å². The zero-order valence-corrected chi connectivity index (χ0v) is 12.2. The van der Waals surface area contributed by atoms with Crippen molar-refractivity contribution in [2.24, 2.45) is 5.73 Å². The summed E-state index contributed by atoms with van der Waals surface area (Å²) in [7, 11) is -3.45. The minimum absolute atomic E-state index is 0.200. The molecule has 0 aliphatic rings. The molecular formula is C12H18N2O2S2. The molecule has 0 saturated heterocycles. The molecule has 2 N–H and O–H groups in total. The molecule has 0 radical (unpaired) electrons. The molecule has 6 heteroatoms. The number of nitrogens with zero attached hydrogens (tertiary/aromatic N) is 1. The Labute approximate surface area is 114 Å². The van der Waals surface area contributed by atoms with Gasteiger partial charge in [-0.3, -0.25) is 0 Å². The quantitative estimate of drug-likeness (QED) is 0.809. The predicted molar refractivity (Wildman–Crippen MR) is 77.1 cm³/mol. The molecule has 1 aromatic carbocycles. The zero-order chi connectivity index (χ0) is 13.8. The molecule has 4 nitrogen and oxygen atoms in total. The van der Waals surface area contributed by atoms with Gasteiger partial charge in [0.05, 0.1) is 4.90 Å². The van der Waals surface area contributed by atoms with Crippen LogP contribution < -0.4 is 5.73 Å². The highest BCUT2D eigenvalue weighted by molar-refractivity contribution is 7.89. The van der Waals surface area contributed by atoms with Gasteiger partial charge in [0.25, 0.3) is 0 Å². The van der Waals surface area contributed by atoms with E-state index in [0.29, 0.717) is 18.7 Å². The molecule has 0 unspecified atom stereocenters. The Balaban J connectivity index is 3.19. The summed E-state index contributed by atoms with van der Waals surface area (Å²) < 4.78 is 26.2. The Hall–Kier alpha value is -0.980. The fourth-order valence-electron chi connectivity index (χ4n) is 1.66. The van der Waals surface area contributed by atoms with Gasteiger partial charge in [0.1, 0.15) is 4.99 Å². The van der Waals surface area contributed by atoms with Crippen molar-refractivity contribution >= 4 is 27.2 Å². The molecular weight excluding hydrogens is 268 g/mol. The molecule has 0 atom stereocenters. The summed E-state index contributed by atoms with van der Waals surface area (Å²) in [5, 5.41) is 0. The maximum Gasteiger partial charge on any atom is 0.243 e. The third kappa shape index (κ3) is 3.28. The number of hydrogen-bond acceptors (Lipinski definition) is 3. The third-order valence-corrected chi connectivity index (χ3v) is 4.79. The maximum atomic E-state index is 12.4. The van der Waals surface area contributed by atoms with Gasteiger partial charge in [-0.25, -0.2) is 8.42 Å². The fraction of sp³-hybridized carbons (Fsp3) is 0.417. The number of thiocarbonyl (C=S) groups is 1. The first-order valence-corrected chi connectivity index (χ1v) is 7.68. The van der Waals surface area contributed by atoms with Crippen LogP contribution in [0.5, 0.6) is 0 Å². The number of sulfonamides is 1. The van der Waals surface area contributed by atoms with Gasteiger partial charge < -0.3 is 5.73 Å². The summed E-state index contributed by atoms with van der Waals surface area (Å²) in [4.78, 5) is 0.439. The van der Waals surface area contributed by atoms with Crippen LogP contribution in [-0.2, 0) is 10.0 Å². The van der Waals surface area contributed by atoms with E-state index in [1.54, 1.807) is 18.2 Å². The second-order valence-corrected chi connectivity index (χ2v) is 6.27. The summed E-state index contributed by atoms with van der Waals surface area (Å²) in [6.45, 7) is 4.73. The molecule has 1 aromatic rings. The van der Waals surface area contributed by atoms with Crippen molar-refractivity contribution in [1.29, 1.82) is 0 Å². The fourth-order valence-corrected chi connectivity index (χ4v) is 3.37. The van der Waals surface area contributed by atoms with Crippen molar-refractivity contribution in [2.45, 2.75) is 25.2 Å². The lowest BCUT2D eigenvalue weighted by molar-refractivity contribution is 0.427. The number of rotatable bonds is 6. The van der Waals surface area contributed by atoms with Gasteiger partial charge in [-0.2, -0.15) is 4.31 Å². The minimum Gasteiger partial charge on any atom is -0.389 e. The maximum absolute atomic E-state index is 12.4. The highest BCUT2D eigenvalue weighted by Crippen LogP contribution is 2.17. The van der Waals surface area contributed by atoms with E-state index in [1.807, 2.05) is 13.8 Å². The molecule has 0 spiro atoms. The summed E-state index contributed by atoms with van der Waals surface area (Å²) >= 11 is 4.86. The molecule has 0 bridgehead atoms. The average molecular weight is 286 g/mol. The van der Waals surface area contributed by atoms with Gasteiger partial charge >= 0.3 is 0 Å². The summed E-state index contributed by atoms with van der Waals surface area (Å²) in [5.41, 5.74) is 6.08. The molecule has 0 heterocycles. The number of nitrogens with two attached hydrogens (primary N) is 1. The van der Waals surface area contributed by atoms with E-state index in [9.17, 15) is 8.42 Å². The van der Waals surface area contributed by atoms with Crippen molar-refractivity contribution in [3.05, 3.63) is 29.8 Å². The number of hydrogen-bond donors (Lipinski definition) is 1. The monoisotopic (exact) mass is 286 g/mol. The predicted octanol–water partition coefficient (Wildman–Crippen LogP) is 1.74. The van der Waals surface area contributed by atoms with Crippen LogP contribution in [-0.4, -0.2) is 30.8 Å². The van der Waals surface area contributed by atoms with Crippen LogP contribution in [0.1, 0.15) is 25.8 Å². The van der Waals surface area contributed by atoms with Crippen LogP contribution in [0.4, 0.5) is 0 Å². The normalized spacial score (nSPS) is 11.7. The first-order valence-electron chi connectivity index (χ1n) is 5.83. The Morgan fingerprint density at radius 3 is 2.56 bits per heavy atom. The van der Waals surface area contributed by atoms with Crippen molar-refractivity contribution < 1.29 is 8.42 Å². The summed E-state index contributed by atoms with van der Waals surface area (Å²) in [6.07, 6.45) is 0.780. The molecule has 0 aromatic heterocycles. The van der Waals surface area contributed by atoms with Crippen LogP contribution in [0, 0.1) is 0 Å². The van der Waals surface area contributed by atoms with Gasteiger partial charge in [0, 0.05) is 18.7 Å². The first kappa shape index (κ1) is 15.1. The average Bonchev–Trinajstić information content (AvgIpc) is 2.35. The first-order chi connectivity index (χ1) is 8.43. The molecule has 18 heavy (non-hydrogen) atoms. The Bertz CT molecular complexity index is 527. The lowest BCUT2D eigenvalue weighted by Gasteiger charge is -2.20. The van der Waals surface area contributed by atoms with Gasteiger partial charge in [-0.15, -0.1) is 0 Å². The van der Waals surface area contributed by atoms with Crippen LogP contribution in [0.2, 0.25) is 0 Å². The topological polar surface area (TPSA) is 63.4 Å². The van der Waals surface area contributed by atoms with Gasteiger partial charge in [0.2, 0.25) is 10.0 Å². The van der Waals surface area contributed by atoms with Crippen molar-refractivity contribution in [3.63, 3.8) is 0 Å². The van der Waals surface area contributed by atoms with E-state index >= 15 is 0 Å². The Morgan fingerprint density at radius 1 is 1.39 bits per heavy atom. The van der Waals surface area contributed by atoms with Crippen LogP contribution in [0.15, 0.2) is 29.2 Å². The molecule has 0 amide bonds. The largest absolute Gasteiger partial charge is 0.389 e. The Morgan fingerprint density at radius 2 is 2.06 bits per heavy atom. The highest BCUT2D eigenvalue weighted by Gasteiger charge is 2.22. The van der Waals surface area contributed by atoms with Crippen LogP contribution in [0.3, 0.4) is 0 Å². The standard InChI is InChI=1S/C12H18N2O2S2/c1-3-8-14(4-2)18(15,16)11-7-5-6-10(9-11)12(13)17/h5-7,9H,3-4,8H2,1-2H3,(H2,13,17). The lowest BCUT2D eigenvalue weighted by atomic mass is 10.2. The molecule has 0 fully saturated rings. The summed E-state index contributed by atoms with van der Waals surface area (Å²) in [6, 6.07) is 6.45. The van der Waals surface area contributed by atoms with Crippen molar-refractivity contribution in [2.75, 3.05) is 13.1 Å². The zero-order valence-electron chi connectivity index (χ0n) is 10.6. The lowest BCUT2D eigenvalue weighted by Crippen LogP contribution is -2.31. The van der Waals surface area contributed by atoms with E-state index in [4.69, 9.17) is 18.0 Å². The van der Waals surface area contributed by atoms with E-state index in [0.717, 1.165) is 6.42 Å². The molecule has 0 saturated carbocycles. The number of benzene rings is 1. The third-order valence-electron chi connectivity index (χ3n) is 2.58. The van der Waals surface area contributed by atoms with E-state index < -0.39 is 10.0 Å². The highest BCUT2D eigenvalue weighted by atomic mass is 32.2. The van der Waals surface area contributed by atoms with Gasteiger partial charge in [-0.05, 0) is 18.6 Å². The second kappa shape index (κ2) is 6.26. The van der Waals surface area contributed by atoms with Crippen molar-refractivity contribution in [3.8, 4) is 0 Å². The van der Waals surface area contributed by atoms with Crippen LogP contribution >= 0.6 is 12.2 Å². The van der Waals surface area contributed by atoms with E-state index in [-0.39, 0.29) is 9.88 Å². The van der Waals surface area contributed by atoms with Gasteiger partial charge in [-0.1, -0.05) is 38.2 Å². The summed E-state index contributed by atoms with van der Waals surface area (Å²) in [5.74, 6) is 0. The minimum atomic E-state index is -3.45. The Kier molecular flexibility index (Phi) is 5.25. The second-order valence-electron chi connectivity index (χ2n) is 3.89.